The number of benzene rings is 1. The van der Waals surface area contributed by atoms with Gasteiger partial charge in [0.25, 0.3) is 0 Å². The molecule has 0 unspecified atom stereocenters. The Morgan fingerprint density at radius 3 is 1.61 bits per heavy atom. The van der Waals surface area contributed by atoms with E-state index < -0.39 is 10.1 Å². The van der Waals surface area contributed by atoms with Crippen LogP contribution in [0, 0.1) is 0 Å². The fourth-order valence-electron chi connectivity index (χ4n) is 3.52. The van der Waals surface area contributed by atoms with Crippen LogP contribution in [0.1, 0.15) is 76.7 Å². The van der Waals surface area contributed by atoms with Crippen LogP contribution in [0.3, 0.4) is 0 Å². The first-order chi connectivity index (χ1) is 15.4. The molecule has 1 rings (SSSR count). The second-order valence-corrected chi connectivity index (χ2v) is 9.35. The number of aryl methyl sites for hydroxylation is 1. The van der Waals surface area contributed by atoms with Crippen molar-refractivity contribution in [2.24, 2.45) is 0 Å². The molecule has 0 aromatic heterocycles. The van der Waals surface area contributed by atoms with Crippen molar-refractivity contribution >= 4 is 10.1 Å². The van der Waals surface area contributed by atoms with Gasteiger partial charge in [-0.05, 0) is 24.5 Å². The fourth-order valence-corrected chi connectivity index (χ4v) is 4.25. The summed E-state index contributed by atoms with van der Waals surface area (Å²) in [5.74, 6) is 0. The smallest absolute Gasteiger partial charge is 0.744 e. The molecule has 0 heterocycles. The number of aliphatic hydroxyl groups is 3. The van der Waals surface area contributed by atoms with Gasteiger partial charge in [0.05, 0.1) is 24.7 Å². The molecule has 33 heavy (non-hydrogen) atoms. The van der Waals surface area contributed by atoms with Gasteiger partial charge >= 0.3 is 29.6 Å². The molecule has 0 atom stereocenters. The molecule has 0 aliphatic heterocycles. The SMILES string of the molecule is CCCCCCCCCCCCc1ccccc1S(=O)(=O)[O-].OCCN(CCO)CCO.[Na+]. The number of rotatable bonds is 18. The van der Waals surface area contributed by atoms with E-state index in [4.69, 9.17) is 15.3 Å². The molecule has 7 nitrogen and oxygen atoms in total. The molecular weight excluding hydrogens is 453 g/mol. The van der Waals surface area contributed by atoms with Crippen LogP contribution in [0.2, 0.25) is 0 Å². The summed E-state index contributed by atoms with van der Waals surface area (Å²) in [6.07, 6.45) is 13.2. The van der Waals surface area contributed by atoms with Gasteiger partial charge in [-0.25, -0.2) is 8.42 Å². The van der Waals surface area contributed by atoms with E-state index in [2.05, 4.69) is 6.92 Å². The topological polar surface area (TPSA) is 121 Å². The van der Waals surface area contributed by atoms with Crippen molar-refractivity contribution in [3.63, 3.8) is 0 Å². The zero-order valence-electron chi connectivity index (χ0n) is 20.8. The normalized spacial score (nSPS) is 11.1. The van der Waals surface area contributed by atoms with Gasteiger partial charge in [0, 0.05) is 19.6 Å². The summed E-state index contributed by atoms with van der Waals surface area (Å²) in [6.45, 7) is 3.99. The number of aliphatic hydroxyl groups excluding tert-OH is 3. The largest absolute Gasteiger partial charge is 1.00 e. The predicted octanol–water partition coefficient (Wildman–Crippen LogP) is 0.323. The summed E-state index contributed by atoms with van der Waals surface area (Å²) in [5, 5.41) is 25.5. The van der Waals surface area contributed by atoms with Gasteiger partial charge in [-0.3, -0.25) is 4.90 Å². The Morgan fingerprint density at radius 1 is 0.758 bits per heavy atom. The quantitative estimate of drug-likeness (QED) is 0.152. The Balaban J connectivity index is 0. The number of nitrogens with zero attached hydrogens (tertiary/aromatic N) is 1. The monoisotopic (exact) mass is 497 g/mol. The van der Waals surface area contributed by atoms with E-state index >= 15 is 0 Å². The zero-order chi connectivity index (χ0) is 24.1. The molecule has 1 aromatic carbocycles. The molecule has 0 amide bonds. The van der Waals surface area contributed by atoms with Crippen LogP contribution in [0.4, 0.5) is 0 Å². The van der Waals surface area contributed by atoms with Crippen LogP contribution in [0.25, 0.3) is 0 Å². The molecule has 0 bridgehead atoms. The van der Waals surface area contributed by atoms with Crippen molar-refractivity contribution in [2.45, 2.75) is 82.4 Å². The van der Waals surface area contributed by atoms with Gasteiger partial charge in [0.1, 0.15) is 10.1 Å². The molecule has 0 fully saturated rings. The van der Waals surface area contributed by atoms with Crippen molar-refractivity contribution in [1.82, 2.24) is 4.90 Å². The zero-order valence-corrected chi connectivity index (χ0v) is 23.6. The number of hydrogen-bond acceptors (Lipinski definition) is 7. The maximum Gasteiger partial charge on any atom is 1.00 e. The van der Waals surface area contributed by atoms with E-state index in [1.807, 2.05) is 0 Å². The fraction of sp³-hybridized carbons (Fsp3) is 0.750. The second-order valence-electron chi connectivity index (χ2n) is 8.01. The molecule has 0 radical (unpaired) electrons. The van der Waals surface area contributed by atoms with Crippen LogP contribution < -0.4 is 29.6 Å². The minimum absolute atomic E-state index is 0. The first-order valence-electron chi connectivity index (χ1n) is 12.0. The minimum atomic E-state index is -4.35. The van der Waals surface area contributed by atoms with Gasteiger partial charge in [-0.15, -0.1) is 0 Å². The van der Waals surface area contributed by atoms with Crippen molar-refractivity contribution in [3.05, 3.63) is 29.8 Å². The first-order valence-corrected chi connectivity index (χ1v) is 13.4. The van der Waals surface area contributed by atoms with Crippen molar-refractivity contribution < 1.29 is 57.8 Å². The molecule has 0 aliphatic carbocycles. The maximum absolute atomic E-state index is 11.2. The Labute approximate surface area is 223 Å². The van der Waals surface area contributed by atoms with E-state index in [1.54, 1.807) is 23.1 Å². The van der Waals surface area contributed by atoms with E-state index in [1.165, 1.54) is 57.4 Å². The molecule has 3 N–H and O–H groups in total. The van der Waals surface area contributed by atoms with Crippen molar-refractivity contribution in [3.8, 4) is 0 Å². The Kier molecular flexibility index (Phi) is 25.2. The molecule has 0 aliphatic rings. The molecular formula is C24H44NNaO6S. The number of unbranched alkanes of at least 4 members (excludes halogenated alkanes) is 9. The standard InChI is InChI=1S/C18H30O3S.C6H15NO3.Na/c1-2-3-4-5-6-7-8-9-10-11-14-17-15-12-13-16-18(17)22(19,20)21;8-4-1-7(2-5-9)3-6-10;/h12-13,15-16H,2-11,14H2,1H3,(H,19,20,21);8-10H,1-6H2;/q;;+1/p-1. The van der Waals surface area contributed by atoms with Gasteiger partial charge in [0.15, 0.2) is 0 Å². The third-order valence-electron chi connectivity index (χ3n) is 5.29. The average molecular weight is 498 g/mol. The predicted molar refractivity (Wildman–Crippen MR) is 128 cm³/mol. The second kappa shape index (κ2) is 23.7. The molecule has 0 spiro atoms. The summed E-state index contributed by atoms with van der Waals surface area (Å²) in [5.41, 5.74) is 0.664. The summed E-state index contributed by atoms with van der Waals surface area (Å²) < 4.78 is 33.5. The van der Waals surface area contributed by atoms with Crippen molar-refractivity contribution in [1.29, 1.82) is 0 Å². The van der Waals surface area contributed by atoms with E-state index in [0.29, 0.717) is 31.6 Å². The summed E-state index contributed by atoms with van der Waals surface area (Å²) in [7, 11) is -4.35. The minimum Gasteiger partial charge on any atom is -0.744 e. The van der Waals surface area contributed by atoms with E-state index in [-0.39, 0.29) is 54.3 Å². The summed E-state index contributed by atoms with van der Waals surface area (Å²) in [6, 6.07) is 6.56. The van der Waals surface area contributed by atoms with Crippen LogP contribution in [0.5, 0.6) is 0 Å². The third kappa shape index (κ3) is 19.9. The van der Waals surface area contributed by atoms with Crippen LogP contribution >= 0.6 is 0 Å². The van der Waals surface area contributed by atoms with Gasteiger partial charge < -0.3 is 19.9 Å². The van der Waals surface area contributed by atoms with Gasteiger partial charge in [0.2, 0.25) is 0 Å². The summed E-state index contributed by atoms with van der Waals surface area (Å²) in [4.78, 5) is 1.74. The Morgan fingerprint density at radius 2 is 1.18 bits per heavy atom. The third-order valence-corrected chi connectivity index (χ3v) is 6.23. The molecule has 188 valence electrons. The van der Waals surface area contributed by atoms with Crippen LogP contribution in [0.15, 0.2) is 29.2 Å². The number of hydrogen-bond donors (Lipinski definition) is 3. The first kappa shape index (κ1) is 35.1. The van der Waals surface area contributed by atoms with Crippen LogP contribution in [-0.4, -0.2) is 72.6 Å². The Hall–Kier alpha value is -0.0300. The summed E-state index contributed by atoms with van der Waals surface area (Å²) >= 11 is 0. The molecule has 0 saturated carbocycles. The average Bonchev–Trinajstić information content (AvgIpc) is 2.76. The van der Waals surface area contributed by atoms with Crippen molar-refractivity contribution in [2.75, 3.05) is 39.5 Å². The van der Waals surface area contributed by atoms with E-state index in [0.717, 1.165) is 12.8 Å². The molecule has 9 heteroatoms. The molecule has 1 aromatic rings. The van der Waals surface area contributed by atoms with Crippen LogP contribution in [-0.2, 0) is 16.5 Å². The molecule has 0 saturated heterocycles. The maximum atomic E-state index is 11.2. The Bertz CT molecular complexity index is 646. The van der Waals surface area contributed by atoms with E-state index in [9.17, 15) is 13.0 Å². The van der Waals surface area contributed by atoms with Gasteiger partial charge in [-0.1, -0.05) is 82.9 Å². The van der Waals surface area contributed by atoms with Gasteiger partial charge in [-0.2, -0.15) is 0 Å².